The molecule has 0 aliphatic carbocycles. The maximum Gasteiger partial charge on any atom is 0.247 e. The fourth-order valence-electron chi connectivity index (χ4n) is 2.94. The monoisotopic (exact) mass is 314 g/mol. The quantitative estimate of drug-likeness (QED) is 0.852. The van der Waals surface area contributed by atoms with Crippen molar-refractivity contribution in [3.63, 3.8) is 0 Å². The van der Waals surface area contributed by atoms with E-state index < -0.39 is 0 Å². The minimum atomic E-state index is -0.218. The summed E-state index contributed by atoms with van der Waals surface area (Å²) < 4.78 is 1.76. The molecular weight excluding hydrogens is 292 g/mol. The number of aromatic nitrogens is 4. The third-order valence-corrected chi connectivity index (χ3v) is 4.16. The number of amides is 1. The molecule has 1 aliphatic heterocycles. The first-order valence-corrected chi connectivity index (χ1v) is 8.09. The van der Waals surface area contributed by atoms with Crippen LogP contribution in [0.3, 0.4) is 0 Å². The molecule has 3 rings (SSSR count). The zero-order valence-electron chi connectivity index (χ0n) is 13.4. The summed E-state index contributed by atoms with van der Waals surface area (Å²) in [5.41, 5.74) is 0. The van der Waals surface area contributed by atoms with Crippen LogP contribution in [0.1, 0.15) is 25.8 Å². The number of hydrogen-bond acceptors (Lipinski definition) is 5. The molecule has 7 nitrogen and oxygen atoms in total. The fourth-order valence-corrected chi connectivity index (χ4v) is 2.94. The zero-order chi connectivity index (χ0) is 16.1. The van der Waals surface area contributed by atoms with Gasteiger partial charge in [0.25, 0.3) is 0 Å². The highest BCUT2D eigenvalue weighted by Gasteiger charge is 2.27. The van der Waals surface area contributed by atoms with Crippen molar-refractivity contribution in [2.24, 2.45) is 0 Å². The highest BCUT2D eigenvalue weighted by molar-refractivity contribution is 5.80. The van der Waals surface area contributed by atoms with Gasteiger partial charge in [0.05, 0.1) is 0 Å². The molecule has 2 aromatic heterocycles. The van der Waals surface area contributed by atoms with Gasteiger partial charge in [-0.1, -0.05) is 6.92 Å². The molecule has 0 radical (unpaired) electrons. The number of rotatable bonds is 4. The van der Waals surface area contributed by atoms with E-state index in [9.17, 15) is 4.79 Å². The van der Waals surface area contributed by atoms with Crippen molar-refractivity contribution >= 4 is 11.9 Å². The Balaban J connectivity index is 1.66. The molecule has 3 heterocycles. The molecule has 1 amide bonds. The number of carbonyl (C=O) groups is 1. The molecule has 1 fully saturated rings. The van der Waals surface area contributed by atoms with Gasteiger partial charge in [0.1, 0.15) is 6.04 Å². The van der Waals surface area contributed by atoms with Crippen LogP contribution in [0.15, 0.2) is 36.9 Å². The van der Waals surface area contributed by atoms with E-state index >= 15 is 0 Å². The average molecular weight is 314 g/mol. The second-order valence-electron chi connectivity index (χ2n) is 5.62. The van der Waals surface area contributed by atoms with E-state index in [1.165, 1.54) is 0 Å². The molecule has 0 aromatic carbocycles. The lowest BCUT2D eigenvalue weighted by atomic mass is 10.2. The van der Waals surface area contributed by atoms with Crippen LogP contribution < -0.4 is 4.90 Å². The van der Waals surface area contributed by atoms with Gasteiger partial charge in [0.15, 0.2) is 0 Å². The van der Waals surface area contributed by atoms with Crippen LogP contribution in [0.2, 0.25) is 0 Å². The normalized spacial score (nSPS) is 16.9. The summed E-state index contributed by atoms with van der Waals surface area (Å²) in [6.45, 7) is 5.10. The molecule has 0 spiro atoms. The molecular formula is C16H22N6O. The van der Waals surface area contributed by atoms with Gasteiger partial charge in [-0.2, -0.15) is 5.10 Å². The topological polar surface area (TPSA) is 67.2 Å². The summed E-state index contributed by atoms with van der Waals surface area (Å²) >= 11 is 0. The van der Waals surface area contributed by atoms with Crippen molar-refractivity contribution in [3.05, 3.63) is 36.9 Å². The number of hydrogen-bond donors (Lipinski definition) is 0. The summed E-state index contributed by atoms with van der Waals surface area (Å²) in [7, 11) is 0. The summed E-state index contributed by atoms with van der Waals surface area (Å²) in [5, 5.41) is 4.23. The Kier molecular flexibility index (Phi) is 4.85. The lowest BCUT2D eigenvalue weighted by Gasteiger charge is -2.26. The molecule has 1 saturated heterocycles. The third kappa shape index (κ3) is 3.49. The lowest BCUT2D eigenvalue weighted by molar-refractivity contribution is -0.135. The molecule has 7 heteroatoms. The molecule has 23 heavy (non-hydrogen) atoms. The lowest BCUT2D eigenvalue weighted by Crippen LogP contribution is -2.40. The number of carbonyl (C=O) groups excluding carboxylic acids is 1. The van der Waals surface area contributed by atoms with Crippen LogP contribution in [0.5, 0.6) is 0 Å². The van der Waals surface area contributed by atoms with Gasteiger partial charge in [-0.05, 0) is 25.0 Å². The van der Waals surface area contributed by atoms with Gasteiger partial charge in [-0.15, -0.1) is 0 Å². The van der Waals surface area contributed by atoms with E-state index in [-0.39, 0.29) is 11.9 Å². The Labute approximate surface area is 135 Å². The van der Waals surface area contributed by atoms with Crippen molar-refractivity contribution in [2.45, 2.75) is 25.8 Å². The minimum Gasteiger partial charge on any atom is -0.339 e. The second-order valence-corrected chi connectivity index (χ2v) is 5.62. The van der Waals surface area contributed by atoms with Crippen molar-refractivity contribution in [3.8, 4) is 0 Å². The van der Waals surface area contributed by atoms with Crippen molar-refractivity contribution < 1.29 is 4.79 Å². The van der Waals surface area contributed by atoms with E-state index in [1.807, 2.05) is 30.2 Å². The highest BCUT2D eigenvalue weighted by atomic mass is 16.2. The predicted octanol–water partition coefficient (Wildman–Crippen LogP) is 1.36. The summed E-state index contributed by atoms with van der Waals surface area (Å²) in [4.78, 5) is 25.5. The Hall–Kier alpha value is -2.44. The van der Waals surface area contributed by atoms with E-state index in [1.54, 1.807) is 23.3 Å². The molecule has 2 aromatic rings. The van der Waals surface area contributed by atoms with Gasteiger partial charge in [0.2, 0.25) is 11.9 Å². The standard InChI is InChI=1S/C16H22N6O/c1-2-14(22-11-4-8-19-22)15(23)20-9-5-10-21(13-12-20)16-17-6-3-7-18-16/h3-4,6-8,11,14H,2,5,9-10,12-13H2,1H3/t14-/m1/s1. The molecule has 0 bridgehead atoms. The Bertz CT molecular complexity index is 615. The first-order valence-electron chi connectivity index (χ1n) is 8.09. The van der Waals surface area contributed by atoms with Crippen LogP contribution >= 0.6 is 0 Å². The van der Waals surface area contributed by atoms with E-state index in [2.05, 4.69) is 20.0 Å². The summed E-state index contributed by atoms with van der Waals surface area (Å²) in [5.74, 6) is 0.882. The van der Waals surface area contributed by atoms with Gasteiger partial charge in [-0.3, -0.25) is 9.48 Å². The average Bonchev–Trinajstić information content (AvgIpc) is 3.00. The van der Waals surface area contributed by atoms with Crippen LogP contribution in [0.25, 0.3) is 0 Å². The van der Waals surface area contributed by atoms with Gasteiger partial charge >= 0.3 is 0 Å². The van der Waals surface area contributed by atoms with Crippen molar-refractivity contribution in [1.82, 2.24) is 24.6 Å². The maximum absolute atomic E-state index is 12.8. The molecule has 0 unspecified atom stereocenters. The summed E-state index contributed by atoms with van der Waals surface area (Å²) in [6.07, 6.45) is 8.73. The van der Waals surface area contributed by atoms with Gasteiger partial charge < -0.3 is 9.80 Å². The van der Waals surface area contributed by atoms with Gasteiger partial charge in [-0.25, -0.2) is 9.97 Å². The Morgan fingerprint density at radius 1 is 1.13 bits per heavy atom. The van der Waals surface area contributed by atoms with Crippen molar-refractivity contribution in [2.75, 3.05) is 31.1 Å². The minimum absolute atomic E-state index is 0.145. The van der Waals surface area contributed by atoms with Crippen LogP contribution in [0.4, 0.5) is 5.95 Å². The van der Waals surface area contributed by atoms with E-state index in [0.29, 0.717) is 6.54 Å². The van der Waals surface area contributed by atoms with Crippen LogP contribution in [-0.4, -0.2) is 56.7 Å². The van der Waals surface area contributed by atoms with E-state index in [0.717, 1.165) is 38.4 Å². The smallest absolute Gasteiger partial charge is 0.247 e. The number of anilines is 1. The molecule has 122 valence electrons. The van der Waals surface area contributed by atoms with Gasteiger partial charge in [0, 0.05) is 51.0 Å². The van der Waals surface area contributed by atoms with Crippen LogP contribution in [-0.2, 0) is 4.79 Å². The number of nitrogens with zero attached hydrogens (tertiary/aromatic N) is 6. The molecule has 0 N–H and O–H groups in total. The largest absolute Gasteiger partial charge is 0.339 e. The van der Waals surface area contributed by atoms with Crippen molar-refractivity contribution in [1.29, 1.82) is 0 Å². The fraction of sp³-hybridized carbons (Fsp3) is 0.500. The SMILES string of the molecule is CC[C@H](C(=O)N1CCCN(c2ncccn2)CC1)n1cccn1. The predicted molar refractivity (Wildman–Crippen MR) is 87.0 cm³/mol. The molecule has 0 saturated carbocycles. The van der Waals surface area contributed by atoms with E-state index in [4.69, 9.17) is 0 Å². The maximum atomic E-state index is 12.8. The zero-order valence-corrected chi connectivity index (χ0v) is 13.4. The first kappa shape index (κ1) is 15.5. The molecule has 1 aliphatic rings. The third-order valence-electron chi connectivity index (χ3n) is 4.16. The summed E-state index contributed by atoms with van der Waals surface area (Å²) in [6, 6.07) is 3.45. The molecule has 1 atom stereocenters. The Morgan fingerprint density at radius 2 is 1.96 bits per heavy atom. The second kappa shape index (κ2) is 7.21. The van der Waals surface area contributed by atoms with Crippen LogP contribution in [0, 0.1) is 0 Å². The first-order chi connectivity index (χ1) is 11.3. The highest BCUT2D eigenvalue weighted by Crippen LogP contribution is 2.17. The Morgan fingerprint density at radius 3 is 2.65 bits per heavy atom.